The Morgan fingerprint density at radius 2 is 1.92 bits per heavy atom. The number of anilines is 1. The van der Waals surface area contributed by atoms with E-state index in [1.807, 2.05) is 30.3 Å². The summed E-state index contributed by atoms with van der Waals surface area (Å²) in [6.45, 7) is 1.46. The average Bonchev–Trinajstić information content (AvgIpc) is 3.39. The van der Waals surface area contributed by atoms with Crippen LogP contribution in [0.25, 0.3) is 33.2 Å². The first-order chi connectivity index (χ1) is 19.0. The SMILES string of the molecule is Cn1cc(-c2ccc(C(=O)N(c3nccc4cc(-c5cccc(O)c5)ccc34)[C@@H]3CCCNC3)c(F)c2)nn1. The van der Waals surface area contributed by atoms with E-state index in [9.17, 15) is 9.90 Å². The number of benzene rings is 3. The van der Waals surface area contributed by atoms with Crippen LogP contribution in [0.4, 0.5) is 10.2 Å². The van der Waals surface area contributed by atoms with Gasteiger partial charge in [0.1, 0.15) is 23.1 Å². The van der Waals surface area contributed by atoms with Crippen LogP contribution in [0.15, 0.2) is 79.1 Å². The second kappa shape index (κ2) is 10.3. The van der Waals surface area contributed by atoms with Crippen molar-refractivity contribution in [2.75, 3.05) is 18.0 Å². The van der Waals surface area contributed by atoms with Gasteiger partial charge >= 0.3 is 0 Å². The topological polar surface area (TPSA) is 96.2 Å². The first-order valence-electron chi connectivity index (χ1n) is 12.9. The highest BCUT2D eigenvalue weighted by molar-refractivity contribution is 6.10. The molecule has 0 bridgehead atoms. The van der Waals surface area contributed by atoms with Crippen molar-refractivity contribution in [3.8, 4) is 28.1 Å². The maximum absolute atomic E-state index is 15.5. The van der Waals surface area contributed by atoms with Gasteiger partial charge in [-0.1, -0.05) is 35.5 Å². The fourth-order valence-corrected chi connectivity index (χ4v) is 5.16. The maximum atomic E-state index is 15.5. The molecule has 3 heterocycles. The van der Waals surface area contributed by atoms with Crippen LogP contribution in [0.1, 0.15) is 23.2 Å². The van der Waals surface area contributed by atoms with E-state index in [0.29, 0.717) is 23.6 Å². The monoisotopic (exact) mass is 522 g/mol. The molecule has 1 amide bonds. The van der Waals surface area contributed by atoms with Crippen molar-refractivity contribution in [1.82, 2.24) is 25.3 Å². The molecule has 39 heavy (non-hydrogen) atoms. The number of hydrogen-bond acceptors (Lipinski definition) is 6. The highest BCUT2D eigenvalue weighted by atomic mass is 19.1. The summed E-state index contributed by atoms with van der Waals surface area (Å²) in [7, 11) is 1.74. The molecule has 2 N–H and O–H groups in total. The van der Waals surface area contributed by atoms with Gasteiger partial charge in [-0.15, -0.1) is 5.10 Å². The maximum Gasteiger partial charge on any atom is 0.262 e. The molecule has 9 heteroatoms. The summed E-state index contributed by atoms with van der Waals surface area (Å²) in [5.41, 5.74) is 2.86. The van der Waals surface area contributed by atoms with Crippen LogP contribution >= 0.6 is 0 Å². The Kier molecular flexibility index (Phi) is 6.50. The van der Waals surface area contributed by atoms with Gasteiger partial charge in [-0.05, 0) is 72.3 Å². The second-order valence-electron chi connectivity index (χ2n) is 9.77. The number of hydrogen-bond donors (Lipinski definition) is 2. The summed E-state index contributed by atoms with van der Waals surface area (Å²) < 4.78 is 17.0. The van der Waals surface area contributed by atoms with E-state index in [4.69, 9.17) is 0 Å². The van der Waals surface area contributed by atoms with E-state index < -0.39 is 11.7 Å². The first kappa shape index (κ1) is 24.7. The molecule has 0 saturated carbocycles. The molecule has 1 aliphatic rings. The Hall–Kier alpha value is -4.63. The van der Waals surface area contributed by atoms with E-state index in [1.54, 1.807) is 53.3 Å². The number of aryl methyl sites for hydroxylation is 1. The highest BCUT2D eigenvalue weighted by Crippen LogP contribution is 2.33. The molecule has 5 aromatic rings. The van der Waals surface area contributed by atoms with Crippen molar-refractivity contribution in [1.29, 1.82) is 0 Å². The van der Waals surface area contributed by atoms with Crippen LogP contribution in [0.2, 0.25) is 0 Å². The third kappa shape index (κ3) is 4.84. The molecular formula is C30H27FN6O2. The summed E-state index contributed by atoms with van der Waals surface area (Å²) >= 11 is 0. The number of halogens is 1. The molecule has 6 rings (SSSR count). The fourth-order valence-electron chi connectivity index (χ4n) is 5.16. The van der Waals surface area contributed by atoms with Gasteiger partial charge in [0, 0.05) is 30.7 Å². The second-order valence-corrected chi connectivity index (χ2v) is 9.77. The summed E-state index contributed by atoms with van der Waals surface area (Å²) in [6, 6.07) is 19.2. The van der Waals surface area contributed by atoms with Crippen LogP contribution in [0.5, 0.6) is 5.75 Å². The minimum atomic E-state index is -0.622. The number of amides is 1. The Morgan fingerprint density at radius 3 is 2.67 bits per heavy atom. The lowest BCUT2D eigenvalue weighted by molar-refractivity contribution is 0.0968. The van der Waals surface area contributed by atoms with Crippen molar-refractivity contribution in [2.24, 2.45) is 7.05 Å². The van der Waals surface area contributed by atoms with Crippen molar-refractivity contribution >= 4 is 22.5 Å². The molecule has 1 aliphatic heterocycles. The zero-order chi connectivity index (χ0) is 26.9. The van der Waals surface area contributed by atoms with Crippen LogP contribution in [-0.4, -0.2) is 50.1 Å². The molecule has 3 aromatic carbocycles. The van der Waals surface area contributed by atoms with Crippen LogP contribution < -0.4 is 10.2 Å². The van der Waals surface area contributed by atoms with Crippen molar-refractivity contribution in [2.45, 2.75) is 18.9 Å². The molecule has 1 atom stereocenters. The third-order valence-corrected chi connectivity index (χ3v) is 7.10. The van der Waals surface area contributed by atoms with Gasteiger partial charge in [0.25, 0.3) is 5.91 Å². The number of phenolic OH excluding ortho intramolecular Hbond substituents is 1. The normalized spacial score (nSPS) is 15.4. The minimum absolute atomic E-state index is 0.0246. The zero-order valence-electron chi connectivity index (χ0n) is 21.4. The molecule has 2 aromatic heterocycles. The van der Waals surface area contributed by atoms with E-state index in [-0.39, 0.29) is 17.4 Å². The van der Waals surface area contributed by atoms with Gasteiger partial charge in [0.2, 0.25) is 0 Å². The van der Waals surface area contributed by atoms with Gasteiger partial charge in [0.05, 0.1) is 17.8 Å². The Labute approximate surface area is 224 Å². The number of piperidine rings is 1. The lowest BCUT2D eigenvalue weighted by Gasteiger charge is -2.34. The van der Waals surface area contributed by atoms with Gasteiger partial charge < -0.3 is 10.4 Å². The highest BCUT2D eigenvalue weighted by Gasteiger charge is 2.31. The number of carbonyl (C=O) groups is 1. The smallest absolute Gasteiger partial charge is 0.262 e. The molecule has 196 valence electrons. The number of pyridine rings is 1. The molecular weight excluding hydrogens is 495 g/mol. The Bertz CT molecular complexity index is 1680. The van der Waals surface area contributed by atoms with Gasteiger partial charge in [0.15, 0.2) is 0 Å². The van der Waals surface area contributed by atoms with E-state index in [0.717, 1.165) is 41.3 Å². The van der Waals surface area contributed by atoms with Crippen LogP contribution in [0.3, 0.4) is 0 Å². The van der Waals surface area contributed by atoms with E-state index >= 15 is 4.39 Å². The molecule has 1 saturated heterocycles. The lowest BCUT2D eigenvalue weighted by Crippen LogP contribution is -2.49. The Morgan fingerprint density at radius 1 is 1.08 bits per heavy atom. The van der Waals surface area contributed by atoms with Gasteiger partial charge in [-0.3, -0.25) is 14.4 Å². The molecule has 0 spiro atoms. The van der Waals surface area contributed by atoms with E-state index in [2.05, 4.69) is 20.6 Å². The van der Waals surface area contributed by atoms with E-state index in [1.165, 1.54) is 12.1 Å². The number of aromatic hydroxyl groups is 1. The number of rotatable bonds is 5. The lowest BCUT2D eigenvalue weighted by atomic mass is 9.99. The van der Waals surface area contributed by atoms with Crippen molar-refractivity contribution < 1.29 is 14.3 Å². The van der Waals surface area contributed by atoms with Crippen LogP contribution in [-0.2, 0) is 7.05 Å². The largest absolute Gasteiger partial charge is 0.508 e. The van der Waals surface area contributed by atoms with Crippen molar-refractivity contribution in [3.63, 3.8) is 0 Å². The summed E-state index contributed by atoms with van der Waals surface area (Å²) in [5.74, 6) is -0.379. The number of carbonyl (C=O) groups excluding carboxylic acids is 1. The summed E-state index contributed by atoms with van der Waals surface area (Å²) in [5, 5.41) is 22.9. The number of aromatic nitrogens is 4. The predicted octanol–water partition coefficient (Wildman–Crippen LogP) is 4.94. The van der Waals surface area contributed by atoms with Crippen molar-refractivity contribution in [3.05, 3.63) is 90.5 Å². The standard InChI is InChI=1S/C30H27FN6O2/c1-36-18-28(34-35-36)22-8-10-26(27(31)16-22)30(39)37(23-5-3-12-32-17-23)29-25-9-7-20(14-21(25)11-13-33-29)19-4-2-6-24(38)15-19/h2,4,6-11,13-16,18,23,32,38H,3,5,12,17H2,1H3/t23-/m1/s1. The van der Waals surface area contributed by atoms with Gasteiger partial charge in [-0.25, -0.2) is 9.37 Å². The average molecular weight is 523 g/mol. The molecule has 1 fully saturated rings. The number of nitrogens with one attached hydrogen (secondary N) is 1. The molecule has 8 nitrogen and oxygen atoms in total. The first-order valence-corrected chi connectivity index (χ1v) is 12.9. The number of phenols is 1. The molecule has 0 radical (unpaired) electrons. The quantitative estimate of drug-likeness (QED) is 0.340. The summed E-state index contributed by atoms with van der Waals surface area (Å²) in [4.78, 5) is 20.3. The van der Waals surface area contributed by atoms with Crippen LogP contribution in [0, 0.1) is 5.82 Å². The fraction of sp³-hybridized carbons (Fsp3) is 0.200. The molecule has 0 aliphatic carbocycles. The third-order valence-electron chi connectivity index (χ3n) is 7.10. The molecule has 0 unspecified atom stereocenters. The number of nitrogens with zero attached hydrogens (tertiary/aromatic N) is 5. The van der Waals surface area contributed by atoms with Gasteiger partial charge in [-0.2, -0.15) is 0 Å². The predicted molar refractivity (Wildman–Crippen MR) is 148 cm³/mol. The summed E-state index contributed by atoms with van der Waals surface area (Å²) in [6.07, 6.45) is 5.04. The number of fused-ring (bicyclic) bond motifs is 1. The minimum Gasteiger partial charge on any atom is -0.508 e. The Balaban J connectivity index is 1.42. The zero-order valence-corrected chi connectivity index (χ0v) is 21.4.